The van der Waals surface area contributed by atoms with Crippen molar-refractivity contribution >= 4 is 0 Å². The van der Waals surface area contributed by atoms with Crippen molar-refractivity contribution in [3.05, 3.63) is 24.3 Å². The molecule has 0 saturated heterocycles. The smallest absolute Gasteiger partial charge is 0.149 e. The standard InChI is InChI=1S/C34H66O5/c1-3-5-7-9-11-13-19-25-33(27-21-15-17-23-29-35)38-31-37-32-39-34(28-22-16-18-24-30-36)26-20-14-12-10-8-6-4-2/h15-18,33-36H,3-14,19-32H2,1-2H3/b17-15-,18-16-. The van der Waals surface area contributed by atoms with E-state index in [1.807, 2.05) is 0 Å². The largest absolute Gasteiger partial charge is 0.396 e. The Hall–Kier alpha value is -0.720. The molecular weight excluding hydrogens is 488 g/mol. The summed E-state index contributed by atoms with van der Waals surface area (Å²) in [5, 5.41) is 17.9. The van der Waals surface area contributed by atoms with Gasteiger partial charge in [-0.3, -0.25) is 0 Å². The number of rotatable bonds is 32. The number of aliphatic hydroxyl groups excluding tert-OH is 2. The van der Waals surface area contributed by atoms with E-state index in [4.69, 9.17) is 24.4 Å². The molecule has 0 aromatic carbocycles. The van der Waals surface area contributed by atoms with Crippen molar-refractivity contribution in [1.82, 2.24) is 0 Å². The van der Waals surface area contributed by atoms with E-state index in [2.05, 4.69) is 38.2 Å². The summed E-state index contributed by atoms with van der Waals surface area (Å²) >= 11 is 0. The van der Waals surface area contributed by atoms with Crippen molar-refractivity contribution in [2.45, 2.75) is 167 Å². The summed E-state index contributed by atoms with van der Waals surface area (Å²) < 4.78 is 18.0. The molecule has 0 aromatic rings. The van der Waals surface area contributed by atoms with Crippen molar-refractivity contribution < 1.29 is 24.4 Å². The molecule has 39 heavy (non-hydrogen) atoms. The Balaban J connectivity index is 4.35. The highest BCUT2D eigenvalue weighted by Gasteiger charge is 2.11. The SMILES string of the molecule is CCCCCCCCCC(CC/C=C\CCO)OCOCOC(CC/C=C\CCO)CCCCCCCCC. The van der Waals surface area contributed by atoms with Gasteiger partial charge in [0.05, 0.1) is 12.2 Å². The van der Waals surface area contributed by atoms with Crippen LogP contribution < -0.4 is 0 Å². The van der Waals surface area contributed by atoms with Crippen molar-refractivity contribution in [3.63, 3.8) is 0 Å². The molecule has 0 saturated carbocycles. The summed E-state index contributed by atoms with van der Waals surface area (Å²) in [6.07, 6.45) is 34.7. The van der Waals surface area contributed by atoms with Gasteiger partial charge in [-0.1, -0.05) is 128 Å². The molecule has 0 aliphatic heterocycles. The molecule has 2 atom stereocenters. The number of ether oxygens (including phenoxy) is 3. The summed E-state index contributed by atoms with van der Waals surface area (Å²) in [6, 6.07) is 0. The molecule has 2 N–H and O–H groups in total. The molecule has 0 aliphatic carbocycles. The summed E-state index contributed by atoms with van der Waals surface area (Å²) in [5.74, 6) is 0. The second kappa shape index (κ2) is 33.5. The molecule has 0 spiro atoms. The number of allylic oxidation sites excluding steroid dienone is 2. The van der Waals surface area contributed by atoms with Gasteiger partial charge in [-0.05, 0) is 51.4 Å². The number of hydrogen-bond acceptors (Lipinski definition) is 5. The van der Waals surface area contributed by atoms with E-state index in [9.17, 15) is 0 Å². The van der Waals surface area contributed by atoms with Gasteiger partial charge in [0.1, 0.15) is 13.6 Å². The second-order valence-corrected chi connectivity index (χ2v) is 11.0. The minimum atomic E-state index is 0.208. The van der Waals surface area contributed by atoms with E-state index in [1.54, 1.807) is 0 Å². The molecule has 0 amide bonds. The minimum Gasteiger partial charge on any atom is -0.396 e. The van der Waals surface area contributed by atoms with Crippen LogP contribution in [0.4, 0.5) is 0 Å². The van der Waals surface area contributed by atoms with Gasteiger partial charge in [-0.15, -0.1) is 0 Å². The van der Waals surface area contributed by atoms with E-state index in [1.165, 1.54) is 89.9 Å². The van der Waals surface area contributed by atoms with Crippen LogP contribution in [0.2, 0.25) is 0 Å². The topological polar surface area (TPSA) is 68.2 Å². The third-order valence-corrected chi connectivity index (χ3v) is 7.27. The predicted octanol–water partition coefficient (Wildman–Crippen LogP) is 9.41. The Morgan fingerprint density at radius 1 is 0.462 bits per heavy atom. The average Bonchev–Trinajstić information content (AvgIpc) is 2.94. The highest BCUT2D eigenvalue weighted by atomic mass is 16.7. The van der Waals surface area contributed by atoms with E-state index in [0.29, 0.717) is 0 Å². The summed E-state index contributed by atoms with van der Waals surface area (Å²) in [5.41, 5.74) is 0. The highest BCUT2D eigenvalue weighted by Crippen LogP contribution is 2.17. The van der Waals surface area contributed by atoms with Gasteiger partial charge in [-0.25, -0.2) is 0 Å². The highest BCUT2D eigenvalue weighted by molar-refractivity contribution is 4.83. The predicted molar refractivity (Wildman–Crippen MR) is 166 cm³/mol. The van der Waals surface area contributed by atoms with Gasteiger partial charge in [0, 0.05) is 13.2 Å². The maximum absolute atomic E-state index is 8.97. The normalized spacial score (nSPS) is 13.6. The number of unbranched alkanes of at least 4 members (excludes halogenated alkanes) is 12. The zero-order valence-electron chi connectivity index (χ0n) is 26.0. The molecule has 5 heteroatoms. The fourth-order valence-electron chi connectivity index (χ4n) is 4.79. The van der Waals surface area contributed by atoms with Gasteiger partial charge in [0.25, 0.3) is 0 Å². The summed E-state index contributed by atoms with van der Waals surface area (Å²) in [6.45, 7) is 5.50. The van der Waals surface area contributed by atoms with E-state index < -0.39 is 0 Å². The Morgan fingerprint density at radius 2 is 0.821 bits per heavy atom. The molecule has 0 bridgehead atoms. The first kappa shape index (κ1) is 38.3. The molecule has 0 aliphatic rings. The lowest BCUT2D eigenvalue weighted by Gasteiger charge is -2.20. The number of hydrogen-bond donors (Lipinski definition) is 2. The third-order valence-electron chi connectivity index (χ3n) is 7.27. The monoisotopic (exact) mass is 554 g/mol. The first-order valence-electron chi connectivity index (χ1n) is 16.6. The fraction of sp³-hybridized carbons (Fsp3) is 0.882. The maximum atomic E-state index is 8.97. The average molecular weight is 555 g/mol. The maximum Gasteiger partial charge on any atom is 0.149 e. The lowest BCUT2D eigenvalue weighted by molar-refractivity contribution is -0.167. The molecule has 5 nitrogen and oxygen atoms in total. The first-order chi connectivity index (χ1) is 19.3. The van der Waals surface area contributed by atoms with Gasteiger partial charge in [-0.2, -0.15) is 0 Å². The van der Waals surface area contributed by atoms with Crippen LogP contribution in [0.3, 0.4) is 0 Å². The van der Waals surface area contributed by atoms with Gasteiger partial charge < -0.3 is 24.4 Å². The Labute approximate surface area is 242 Å². The minimum absolute atomic E-state index is 0.208. The Kier molecular flexibility index (Phi) is 32.9. The lowest BCUT2D eigenvalue weighted by atomic mass is 10.0. The quantitative estimate of drug-likeness (QED) is 0.0492. The molecule has 0 heterocycles. The molecule has 0 rings (SSSR count). The van der Waals surface area contributed by atoms with Crippen molar-refractivity contribution in [2.75, 3.05) is 26.8 Å². The lowest BCUT2D eigenvalue weighted by Crippen LogP contribution is -2.19. The van der Waals surface area contributed by atoms with Crippen LogP contribution in [0.25, 0.3) is 0 Å². The van der Waals surface area contributed by atoms with Crippen LogP contribution in [0.5, 0.6) is 0 Å². The van der Waals surface area contributed by atoms with Gasteiger partial charge in [0.2, 0.25) is 0 Å². The zero-order valence-corrected chi connectivity index (χ0v) is 26.0. The van der Waals surface area contributed by atoms with Gasteiger partial charge in [0.15, 0.2) is 0 Å². The van der Waals surface area contributed by atoms with Crippen molar-refractivity contribution in [3.8, 4) is 0 Å². The van der Waals surface area contributed by atoms with Crippen LogP contribution in [-0.2, 0) is 14.2 Å². The number of aliphatic hydroxyl groups is 2. The molecular formula is C34H66O5. The Bertz CT molecular complexity index is 464. The van der Waals surface area contributed by atoms with Crippen LogP contribution >= 0.6 is 0 Å². The van der Waals surface area contributed by atoms with E-state index in [-0.39, 0.29) is 39.0 Å². The van der Waals surface area contributed by atoms with Crippen LogP contribution in [0, 0.1) is 0 Å². The van der Waals surface area contributed by atoms with Crippen LogP contribution in [0.15, 0.2) is 24.3 Å². The van der Waals surface area contributed by atoms with Crippen LogP contribution in [-0.4, -0.2) is 49.2 Å². The van der Waals surface area contributed by atoms with Gasteiger partial charge >= 0.3 is 0 Å². The van der Waals surface area contributed by atoms with E-state index >= 15 is 0 Å². The zero-order chi connectivity index (χ0) is 28.5. The van der Waals surface area contributed by atoms with Crippen LogP contribution in [0.1, 0.15) is 155 Å². The fourth-order valence-corrected chi connectivity index (χ4v) is 4.79. The molecule has 232 valence electrons. The molecule has 0 fully saturated rings. The second-order valence-electron chi connectivity index (χ2n) is 11.0. The van der Waals surface area contributed by atoms with Crippen molar-refractivity contribution in [1.29, 1.82) is 0 Å². The van der Waals surface area contributed by atoms with Crippen molar-refractivity contribution in [2.24, 2.45) is 0 Å². The summed E-state index contributed by atoms with van der Waals surface area (Å²) in [7, 11) is 0. The molecule has 0 radical (unpaired) electrons. The molecule has 2 unspecified atom stereocenters. The summed E-state index contributed by atoms with van der Waals surface area (Å²) in [4.78, 5) is 0. The Morgan fingerprint density at radius 3 is 1.21 bits per heavy atom. The molecule has 0 aromatic heterocycles. The van der Waals surface area contributed by atoms with E-state index in [0.717, 1.165) is 51.4 Å². The third kappa shape index (κ3) is 30.1. The first-order valence-corrected chi connectivity index (χ1v) is 16.6.